The number of halogens is 1. The molecule has 1 aromatic rings. The predicted octanol–water partition coefficient (Wildman–Crippen LogP) is 2.04. The fourth-order valence-electron chi connectivity index (χ4n) is 1.50. The van der Waals surface area contributed by atoms with Crippen molar-refractivity contribution >= 4 is 17.6 Å². The molecular weight excluding hydrogens is 225 g/mol. The SMILES string of the molecule is CCN(C(=O)CCC(=O)O)c1cccc(F)c1. The first-order valence-corrected chi connectivity index (χ1v) is 5.32. The summed E-state index contributed by atoms with van der Waals surface area (Å²) in [5, 5.41) is 8.50. The summed E-state index contributed by atoms with van der Waals surface area (Å²) in [5.41, 5.74) is 0.447. The van der Waals surface area contributed by atoms with Gasteiger partial charge in [0.15, 0.2) is 0 Å². The van der Waals surface area contributed by atoms with Gasteiger partial charge >= 0.3 is 5.97 Å². The summed E-state index contributed by atoms with van der Waals surface area (Å²) in [4.78, 5) is 23.5. The largest absolute Gasteiger partial charge is 0.481 e. The van der Waals surface area contributed by atoms with Gasteiger partial charge in [-0.1, -0.05) is 6.07 Å². The Bertz CT molecular complexity index is 420. The van der Waals surface area contributed by atoms with Crippen molar-refractivity contribution in [3.8, 4) is 0 Å². The first kappa shape index (κ1) is 13.2. The lowest BCUT2D eigenvalue weighted by molar-refractivity contribution is -0.138. The number of rotatable bonds is 5. The van der Waals surface area contributed by atoms with Crippen LogP contribution in [0.1, 0.15) is 19.8 Å². The molecular formula is C12H14FNO3. The van der Waals surface area contributed by atoms with E-state index in [0.717, 1.165) is 0 Å². The summed E-state index contributed by atoms with van der Waals surface area (Å²) in [6.07, 6.45) is -0.301. The Balaban J connectivity index is 2.77. The first-order valence-electron chi connectivity index (χ1n) is 5.32. The number of anilines is 1. The lowest BCUT2D eigenvalue weighted by Gasteiger charge is -2.20. The maximum Gasteiger partial charge on any atom is 0.303 e. The third kappa shape index (κ3) is 3.86. The number of carbonyl (C=O) groups excluding carboxylic acids is 1. The zero-order valence-electron chi connectivity index (χ0n) is 9.52. The van der Waals surface area contributed by atoms with Crippen molar-refractivity contribution in [1.29, 1.82) is 0 Å². The summed E-state index contributed by atoms with van der Waals surface area (Å²) in [6, 6.07) is 5.67. The molecule has 0 aliphatic carbocycles. The van der Waals surface area contributed by atoms with Gasteiger partial charge < -0.3 is 10.0 Å². The van der Waals surface area contributed by atoms with Crippen LogP contribution in [-0.4, -0.2) is 23.5 Å². The molecule has 92 valence electrons. The Kier molecular flexibility index (Phi) is 4.63. The Morgan fingerprint density at radius 1 is 1.35 bits per heavy atom. The van der Waals surface area contributed by atoms with E-state index < -0.39 is 11.8 Å². The average molecular weight is 239 g/mol. The standard InChI is InChI=1S/C12H14FNO3/c1-2-14(11(15)6-7-12(16)17)10-5-3-4-9(13)8-10/h3-5,8H,2,6-7H2,1H3,(H,16,17). The van der Waals surface area contributed by atoms with Crippen LogP contribution in [-0.2, 0) is 9.59 Å². The van der Waals surface area contributed by atoms with Gasteiger partial charge in [0.25, 0.3) is 0 Å². The minimum absolute atomic E-state index is 0.0836. The van der Waals surface area contributed by atoms with Gasteiger partial charge in [0.1, 0.15) is 5.82 Å². The average Bonchev–Trinajstić information content (AvgIpc) is 2.27. The van der Waals surface area contributed by atoms with Crippen molar-refractivity contribution in [2.75, 3.05) is 11.4 Å². The second-order valence-electron chi connectivity index (χ2n) is 3.51. The maximum absolute atomic E-state index is 13.0. The molecule has 0 bridgehead atoms. The van der Waals surface area contributed by atoms with Crippen LogP contribution in [0, 0.1) is 5.82 Å². The third-order valence-electron chi connectivity index (χ3n) is 2.29. The summed E-state index contributed by atoms with van der Waals surface area (Å²) in [6.45, 7) is 2.13. The number of nitrogens with zero attached hydrogens (tertiary/aromatic N) is 1. The van der Waals surface area contributed by atoms with E-state index in [2.05, 4.69) is 0 Å². The fourth-order valence-corrected chi connectivity index (χ4v) is 1.50. The van der Waals surface area contributed by atoms with E-state index in [-0.39, 0.29) is 18.7 Å². The Morgan fingerprint density at radius 2 is 2.06 bits per heavy atom. The highest BCUT2D eigenvalue weighted by atomic mass is 19.1. The lowest BCUT2D eigenvalue weighted by atomic mass is 10.2. The zero-order chi connectivity index (χ0) is 12.8. The van der Waals surface area contributed by atoms with Crippen molar-refractivity contribution in [3.63, 3.8) is 0 Å². The van der Waals surface area contributed by atoms with Crippen molar-refractivity contribution in [2.24, 2.45) is 0 Å². The van der Waals surface area contributed by atoms with E-state index in [4.69, 9.17) is 5.11 Å². The normalized spacial score (nSPS) is 10.0. The highest BCUT2D eigenvalue weighted by Gasteiger charge is 2.15. The second-order valence-corrected chi connectivity index (χ2v) is 3.51. The van der Waals surface area contributed by atoms with Crippen LogP contribution >= 0.6 is 0 Å². The molecule has 1 rings (SSSR count). The van der Waals surface area contributed by atoms with Crippen molar-refractivity contribution < 1.29 is 19.1 Å². The molecule has 1 amide bonds. The summed E-state index contributed by atoms with van der Waals surface area (Å²) < 4.78 is 13.0. The van der Waals surface area contributed by atoms with E-state index >= 15 is 0 Å². The van der Waals surface area contributed by atoms with Crippen LogP contribution in [0.2, 0.25) is 0 Å². The number of hydrogen-bond acceptors (Lipinski definition) is 2. The molecule has 5 heteroatoms. The Labute approximate surface area is 98.7 Å². The molecule has 17 heavy (non-hydrogen) atoms. The monoisotopic (exact) mass is 239 g/mol. The molecule has 0 spiro atoms. The smallest absolute Gasteiger partial charge is 0.303 e. The molecule has 0 fully saturated rings. The van der Waals surface area contributed by atoms with Crippen LogP contribution in [0.4, 0.5) is 10.1 Å². The molecule has 0 aliphatic rings. The number of carbonyl (C=O) groups is 2. The Hall–Kier alpha value is -1.91. The van der Waals surface area contributed by atoms with Crippen LogP contribution in [0.5, 0.6) is 0 Å². The van der Waals surface area contributed by atoms with Crippen molar-refractivity contribution in [3.05, 3.63) is 30.1 Å². The van der Waals surface area contributed by atoms with Crippen LogP contribution in [0.3, 0.4) is 0 Å². The molecule has 0 aliphatic heterocycles. The fraction of sp³-hybridized carbons (Fsp3) is 0.333. The van der Waals surface area contributed by atoms with Gasteiger partial charge in [-0.15, -0.1) is 0 Å². The van der Waals surface area contributed by atoms with Crippen LogP contribution in [0.25, 0.3) is 0 Å². The lowest BCUT2D eigenvalue weighted by Crippen LogP contribution is -2.30. The number of carboxylic acid groups (broad SMARTS) is 1. The minimum atomic E-state index is -1.02. The van der Waals surface area contributed by atoms with E-state index in [9.17, 15) is 14.0 Å². The molecule has 0 unspecified atom stereocenters. The summed E-state index contributed by atoms with van der Waals surface area (Å²) in [7, 11) is 0. The first-order chi connectivity index (χ1) is 8.04. The molecule has 1 aromatic carbocycles. The molecule has 0 heterocycles. The van der Waals surface area contributed by atoms with Crippen molar-refractivity contribution in [1.82, 2.24) is 0 Å². The van der Waals surface area contributed by atoms with Crippen molar-refractivity contribution in [2.45, 2.75) is 19.8 Å². The molecule has 0 saturated carbocycles. The van der Waals surface area contributed by atoms with Gasteiger partial charge in [-0.2, -0.15) is 0 Å². The molecule has 0 radical (unpaired) electrons. The van der Waals surface area contributed by atoms with Gasteiger partial charge in [0.05, 0.1) is 6.42 Å². The highest BCUT2D eigenvalue weighted by Crippen LogP contribution is 2.16. The number of amides is 1. The van der Waals surface area contributed by atoms with Crippen LogP contribution in [0.15, 0.2) is 24.3 Å². The number of carboxylic acids is 1. The number of benzene rings is 1. The second kappa shape index (κ2) is 5.98. The van der Waals surface area contributed by atoms with Gasteiger partial charge in [-0.25, -0.2) is 4.39 Å². The number of aliphatic carboxylic acids is 1. The molecule has 0 saturated heterocycles. The quantitative estimate of drug-likeness (QED) is 0.855. The minimum Gasteiger partial charge on any atom is -0.481 e. The molecule has 0 atom stereocenters. The predicted molar refractivity (Wildman–Crippen MR) is 61.3 cm³/mol. The van der Waals surface area contributed by atoms with Gasteiger partial charge in [0.2, 0.25) is 5.91 Å². The zero-order valence-corrected chi connectivity index (χ0v) is 9.52. The van der Waals surface area contributed by atoms with Gasteiger partial charge in [-0.3, -0.25) is 9.59 Å². The van der Waals surface area contributed by atoms with Gasteiger partial charge in [-0.05, 0) is 25.1 Å². The molecule has 4 nitrogen and oxygen atoms in total. The maximum atomic E-state index is 13.0. The van der Waals surface area contributed by atoms with Gasteiger partial charge in [0, 0.05) is 18.7 Å². The Morgan fingerprint density at radius 3 is 2.59 bits per heavy atom. The highest BCUT2D eigenvalue weighted by molar-refractivity contribution is 5.94. The van der Waals surface area contributed by atoms with E-state index in [1.807, 2.05) is 0 Å². The molecule has 1 N–H and O–H groups in total. The van der Waals surface area contributed by atoms with E-state index in [1.165, 1.54) is 23.1 Å². The summed E-state index contributed by atoms with van der Waals surface area (Å²) in [5.74, 6) is -1.76. The summed E-state index contributed by atoms with van der Waals surface area (Å²) >= 11 is 0. The van der Waals surface area contributed by atoms with E-state index in [1.54, 1.807) is 13.0 Å². The number of hydrogen-bond donors (Lipinski definition) is 1. The van der Waals surface area contributed by atoms with E-state index in [0.29, 0.717) is 12.2 Å². The third-order valence-corrected chi connectivity index (χ3v) is 2.29. The molecule has 0 aromatic heterocycles. The van der Waals surface area contributed by atoms with Crippen LogP contribution < -0.4 is 4.90 Å². The topological polar surface area (TPSA) is 57.6 Å².